The van der Waals surface area contributed by atoms with Gasteiger partial charge in [-0.2, -0.15) is 0 Å². The molecule has 0 saturated heterocycles. The van der Waals surface area contributed by atoms with Crippen molar-refractivity contribution >= 4 is 27.3 Å². The third-order valence-electron chi connectivity index (χ3n) is 4.41. The molecule has 0 unspecified atom stereocenters. The predicted octanol–water partition coefficient (Wildman–Crippen LogP) is 5.74. The topological polar surface area (TPSA) is 37.4 Å². The lowest BCUT2D eigenvalue weighted by molar-refractivity contribution is 0.578. The smallest absolute Gasteiger partial charge is 0.259 e. The predicted molar refractivity (Wildman–Crippen MR) is 107 cm³/mol. The Hall–Kier alpha value is -2.37. The summed E-state index contributed by atoms with van der Waals surface area (Å²) in [7, 11) is -3.99. The molecule has 140 valence electrons. The molecule has 1 atom stereocenters. The summed E-state index contributed by atoms with van der Waals surface area (Å²) < 4.78 is 42.2. The number of rotatable bonds is 5. The molecule has 6 heteroatoms. The van der Waals surface area contributed by atoms with Gasteiger partial charge < -0.3 is 0 Å². The summed E-state index contributed by atoms with van der Waals surface area (Å²) in [5.41, 5.74) is 1.67. The molecule has 27 heavy (non-hydrogen) atoms. The SMILES string of the molecule is Cc1ccc(S(=O)(=O)N(c2ccccc2)[C@H](C)c2ccc(Cl)cc2)cc1F. The fraction of sp³-hybridized carbons (Fsp3) is 0.143. The first-order valence-corrected chi connectivity index (χ1v) is 10.2. The number of hydrogen-bond acceptors (Lipinski definition) is 2. The summed E-state index contributed by atoms with van der Waals surface area (Å²) >= 11 is 5.96. The van der Waals surface area contributed by atoms with Gasteiger partial charge in [-0.25, -0.2) is 12.8 Å². The first-order chi connectivity index (χ1) is 12.8. The zero-order valence-corrected chi connectivity index (χ0v) is 16.5. The first kappa shape index (κ1) is 19.4. The quantitative estimate of drug-likeness (QED) is 0.544. The van der Waals surface area contributed by atoms with Gasteiger partial charge >= 0.3 is 0 Å². The van der Waals surface area contributed by atoms with Gasteiger partial charge in [0.05, 0.1) is 16.6 Å². The van der Waals surface area contributed by atoms with E-state index in [1.54, 1.807) is 62.4 Å². The summed E-state index contributed by atoms with van der Waals surface area (Å²) in [6.45, 7) is 3.38. The molecule has 0 aliphatic rings. The molecule has 0 aliphatic heterocycles. The van der Waals surface area contributed by atoms with E-state index >= 15 is 0 Å². The van der Waals surface area contributed by atoms with Gasteiger partial charge in [-0.15, -0.1) is 0 Å². The van der Waals surface area contributed by atoms with Crippen molar-refractivity contribution in [1.29, 1.82) is 0 Å². The minimum Gasteiger partial charge on any atom is -0.259 e. The van der Waals surface area contributed by atoms with Crippen molar-refractivity contribution in [1.82, 2.24) is 0 Å². The van der Waals surface area contributed by atoms with Crippen LogP contribution in [0.25, 0.3) is 0 Å². The number of nitrogens with zero attached hydrogens (tertiary/aromatic N) is 1. The summed E-state index contributed by atoms with van der Waals surface area (Å²) in [6.07, 6.45) is 0. The lowest BCUT2D eigenvalue weighted by atomic mass is 10.1. The van der Waals surface area contributed by atoms with Crippen LogP contribution < -0.4 is 4.31 Å². The lowest BCUT2D eigenvalue weighted by Gasteiger charge is -2.31. The highest BCUT2D eigenvalue weighted by molar-refractivity contribution is 7.92. The molecular weight excluding hydrogens is 385 g/mol. The van der Waals surface area contributed by atoms with Gasteiger partial charge in [0, 0.05) is 5.02 Å². The van der Waals surface area contributed by atoms with E-state index in [2.05, 4.69) is 0 Å². The number of halogens is 2. The van der Waals surface area contributed by atoms with Crippen LogP contribution >= 0.6 is 11.6 Å². The average Bonchev–Trinajstić information content (AvgIpc) is 2.65. The van der Waals surface area contributed by atoms with Crippen LogP contribution in [0.5, 0.6) is 0 Å². The highest BCUT2D eigenvalue weighted by Gasteiger charge is 2.30. The zero-order chi connectivity index (χ0) is 19.6. The van der Waals surface area contributed by atoms with Crippen molar-refractivity contribution in [2.24, 2.45) is 0 Å². The molecule has 0 fully saturated rings. The van der Waals surface area contributed by atoms with Crippen molar-refractivity contribution in [3.63, 3.8) is 0 Å². The second kappa shape index (κ2) is 7.71. The van der Waals surface area contributed by atoms with Gasteiger partial charge in [0.15, 0.2) is 0 Å². The highest BCUT2D eigenvalue weighted by atomic mass is 35.5. The molecule has 3 aromatic carbocycles. The van der Waals surface area contributed by atoms with Crippen LogP contribution in [0.1, 0.15) is 24.1 Å². The van der Waals surface area contributed by atoms with Crippen LogP contribution in [0.2, 0.25) is 5.02 Å². The Balaban J connectivity index is 2.14. The van der Waals surface area contributed by atoms with Gasteiger partial charge in [0.1, 0.15) is 5.82 Å². The number of benzene rings is 3. The Labute approximate surface area is 164 Å². The van der Waals surface area contributed by atoms with Crippen molar-refractivity contribution in [2.75, 3.05) is 4.31 Å². The van der Waals surface area contributed by atoms with Gasteiger partial charge in [-0.3, -0.25) is 4.31 Å². The van der Waals surface area contributed by atoms with E-state index in [9.17, 15) is 12.8 Å². The molecule has 0 radical (unpaired) electrons. The third kappa shape index (κ3) is 3.99. The van der Waals surface area contributed by atoms with E-state index in [0.717, 1.165) is 11.6 Å². The Morgan fingerprint density at radius 3 is 2.19 bits per heavy atom. The van der Waals surface area contributed by atoms with Crippen molar-refractivity contribution in [2.45, 2.75) is 24.8 Å². The maximum Gasteiger partial charge on any atom is 0.264 e. The van der Waals surface area contributed by atoms with Gasteiger partial charge in [-0.1, -0.05) is 48.0 Å². The number of aryl methyl sites for hydroxylation is 1. The summed E-state index contributed by atoms with van der Waals surface area (Å²) in [6, 6.07) is 19.2. The third-order valence-corrected chi connectivity index (χ3v) is 6.56. The molecule has 3 aromatic rings. The Kier molecular flexibility index (Phi) is 5.53. The molecular formula is C21H19ClFNO2S. The van der Waals surface area contributed by atoms with E-state index in [4.69, 9.17) is 11.6 Å². The molecule has 0 saturated carbocycles. The maximum absolute atomic E-state index is 14.0. The van der Waals surface area contributed by atoms with E-state index in [0.29, 0.717) is 16.3 Å². The summed E-state index contributed by atoms with van der Waals surface area (Å²) in [5.74, 6) is -0.553. The second-order valence-corrected chi connectivity index (χ2v) is 8.53. The fourth-order valence-electron chi connectivity index (χ4n) is 2.87. The van der Waals surface area contributed by atoms with E-state index < -0.39 is 21.9 Å². The van der Waals surface area contributed by atoms with Crippen molar-refractivity contribution in [3.05, 3.63) is 94.8 Å². The van der Waals surface area contributed by atoms with E-state index in [1.165, 1.54) is 16.4 Å². The zero-order valence-electron chi connectivity index (χ0n) is 14.9. The largest absolute Gasteiger partial charge is 0.264 e. The monoisotopic (exact) mass is 403 g/mol. The molecule has 0 aliphatic carbocycles. The molecule has 0 spiro atoms. The standard InChI is InChI=1S/C21H19ClFNO2S/c1-15-8-13-20(14-21(15)23)27(25,26)24(19-6-4-3-5-7-19)16(2)17-9-11-18(22)12-10-17/h3-14,16H,1-2H3/t16-/m1/s1. The molecule has 3 rings (SSSR count). The van der Waals surface area contributed by atoms with Crippen LogP contribution in [-0.2, 0) is 10.0 Å². The first-order valence-electron chi connectivity index (χ1n) is 8.42. The molecule has 3 nitrogen and oxygen atoms in total. The Bertz CT molecular complexity index is 1040. The number of sulfonamides is 1. The van der Waals surface area contributed by atoms with Crippen LogP contribution in [0.4, 0.5) is 10.1 Å². The molecule has 0 amide bonds. The molecule has 0 heterocycles. The minimum atomic E-state index is -3.99. The highest BCUT2D eigenvalue weighted by Crippen LogP contribution is 2.33. The Morgan fingerprint density at radius 1 is 0.963 bits per heavy atom. The molecule has 0 N–H and O–H groups in total. The summed E-state index contributed by atoms with van der Waals surface area (Å²) in [5, 5.41) is 0.570. The fourth-order valence-corrected chi connectivity index (χ4v) is 4.65. The molecule has 0 bridgehead atoms. The number of para-hydroxylation sites is 1. The number of hydrogen-bond donors (Lipinski definition) is 0. The normalized spacial score (nSPS) is 12.6. The maximum atomic E-state index is 14.0. The second-order valence-electron chi connectivity index (χ2n) is 6.27. The van der Waals surface area contributed by atoms with E-state index in [-0.39, 0.29) is 4.90 Å². The van der Waals surface area contributed by atoms with Crippen LogP contribution in [0, 0.1) is 12.7 Å². The average molecular weight is 404 g/mol. The van der Waals surface area contributed by atoms with Crippen LogP contribution in [0.15, 0.2) is 77.7 Å². The Morgan fingerprint density at radius 2 is 1.59 bits per heavy atom. The lowest BCUT2D eigenvalue weighted by Crippen LogP contribution is -2.33. The van der Waals surface area contributed by atoms with Gasteiger partial charge in [0.2, 0.25) is 0 Å². The van der Waals surface area contributed by atoms with Crippen molar-refractivity contribution in [3.8, 4) is 0 Å². The molecule has 0 aromatic heterocycles. The van der Waals surface area contributed by atoms with Gasteiger partial charge in [0.25, 0.3) is 10.0 Å². The van der Waals surface area contributed by atoms with Crippen molar-refractivity contribution < 1.29 is 12.8 Å². The summed E-state index contributed by atoms with van der Waals surface area (Å²) in [4.78, 5) is -0.0877. The van der Waals surface area contributed by atoms with E-state index in [1.807, 2.05) is 6.07 Å². The number of anilines is 1. The van der Waals surface area contributed by atoms with Crippen LogP contribution in [0.3, 0.4) is 0 Å². The van der Waals surface area contributed by atoms with Crippen LogP contribution in [-0.4, -0.2) is 8.42 Å². The van der Waals surface area contributed by atoms with Gasteiger partial charge in [-0.05, 0) is 61.4 Å². The minimum absolute atomic E-state index is 0.0877.